The fourth-order valence-electron chi connectivity index (χ4n) is 4.46. The lowest BCUT2D eigenvalue weighted by molar-refractivity contribution is -0.133. The normalized spacial score (nSPS) is 19.8. The number of thioether (sulfide) groups is 1. The number of nitrogens with zero attached hydrogens (tertiary/aromatic N) is 4. The molecule has 2 aliphatic rings. The van der Waals surface area contributed by atoms with Gasteiger partial charge in [0.25, 0.3) is 0 Å². The summed E-state index contributed by atoms with van der Waals surface area (Å²) in [5, 5.41) is 4.01. The number of halogens is 1. The topological polar surface area (TPSA) is 78.4 Å². The van der Waals surface area contributed by atoms with E-state index in [1.54, 1.807) is 6.07 Å². The number of hydrogen-bond donors (Lipinski definition) is 1. The van der Waals surface area contributed by atoms with Gasteiger partial charge in [-0.1, -0.05) is 62.4 Å². The molecule has 1 N–H and O–H groups in total. The Morgan fingerprint density at radius 1 is 1.19 bits per heavy atom. The van der Waals surface area contributed by atoms with Crippen molar-refractivity contribution < 1.29 is 9.59 Å². The fourth-order valence-corrected chi connectivity index (χ4v) is 5.36. The molecule has 1 aromatic rings. The Bertz CT molecular complexity index is 775. The van der Waals surface area contributed by atoms with Crippen LogP contribution in [0.25, 0.3) is 0 Å². The molecule has 1 saturated heterocycles. The molecule has 1 saturated carbocycles. The maximum absolute atomic E-state index is 12.5. The van der Waals surface area contributed by atoms with E-state index in [2.05, 4.69) is 34.0 Å². The lowest BCUT2D eigenvalue weighted by Crippen LogP contribution is -2.54. The predicted molar refractivity (Wildman–Crippen MR) is 130 cm³/mol. The van der Waals surface area contributed by atoms with Gasteiger partial charge in [0.15, 0.2) is 5.16 Å². The molecule has 1 aromatic heterocycles. The Labute approximate surface area is 201 Å². The first-order valence-corrected chi connectivity index (χ1v) is 13.3. The largest absolute Gasteiger partial charge is 0.353 e. The summed E-state index contributed by atoms with van der Waals surface area (Å²) in [7, 11) is 0. The Morgan fingerprint density at radius 3 is 2.69 bits per heavy atom. The number of aromatic nitrogens is 2. The van der Waals surface area contributed by atoms with Gasteiger partial charge in [-0.3, -0.25) is 9.59 Å². The molecule has 0 aromatic carbocycles. The van der Waals surface area contributed by atoms with Crippen LogP contribution in [0, 0.1) is 0 Å². The zero-order valence-electron chi connectivity index (χ0n) is 19.3. The molecule has 32 heavy (non-hydrogen) atoms. The van der Waals surface area contributed by atoms with Crippen LogP contribution < -0.4 is 10.2 Å². The third-order valence-corrected chi connectivity index (χ3v) is 7.27. The van der Waals surface area contributed by atoms with Crippen molar-refractivity contribution in [2.75, 3.05) is 30.3 Å². The highest BCUT2D eigenvalue weighted by atomic mass is 35.5. The van der Waals surface area contributed by atoms with Gasteiger partial charge >= 0.3 is 0 Å². The molecular formula is C23H36ClN5O2S. The summed E-state index contributed by atoms with van der Waals surface area (Å²) < 4.78 is 0. The van der Waals surface area contributed by atoms with E-state index in [4.69, 9.17) is 11.6 Å². The van der Waals surface area contributed by atoms with Crippen LogP contribution in [0.4, 0.5) is 5.82 Å². The summed E-state index contributed by atoms with van der Waals surface area (Å²) >= 11 is 7.59. The Balaban J connectivity index is 1.52. The van der Waals surface area contributed by atoms with E-state index in [1.807, 2.05) is 4.90 Å². The van der Waals surface area contributed by atoms with Gasteiger partial charge in [-0.05, 0) is 26.2 Å². The number of amides is 2. The van der Waals surface area contributed by atoms with Crippen LogP contribution in [0.15, 0.2) is 11.2 Å². The summed E-state index contributed by atoms with van der Waals surface area (Å²) in [6.45, 7) is 6.33. The van der Waals surface area contributed by atoms with Crippen molar-refractivity contribution in [1.82, 2.24) is 20.2 Å². The number of rotatable bonds is 9. The Hall–Kier alpha value is -1.54. The molecule has 3 rings (SSSR count). The highest BCUT2D eigenvalue weighted by Crippen LogP contribution is 2.25. The van der Waals surface area contributed by atoms with Gasteiger partial charge in [0.05, 0.1) is 5.75 Å². The lowest BCUT2D eigenvalue weighted by Gasteiger charge is -2.40. The Morgan fingerprint density at radius 2 is 1.97 bits per heavy atom. The fraction of sp³-hybridized carbons (Fsp3) is 0.739. The van der Waals surface area contributed by atoms with Crippen molar-refractivity contribution in [3.8, 4) is 0 Å². The lowest BCUT2D eigenvalue weighted by atomic mass is 9.95. The second-order valence-corrected chi connectivity index (χ2v) is 10.2. The molecule has 2 fully saturated rings. The first kappa shape index (κ1) is 25.1. The third kappa shape index (κ3) is 7.51. The summed E-state index contributed by atoms with van der Waals surface area (Å²) in [4.78, 5) is 38.0. The second kappa shape index (κ2) is 12.6. The minimum absolute atomic E-state index is 0.0239. The van der Waals surface area contributed by atoms with E-state index < -0.39 is 0 Å². The predicted octanol–water partition coefficient (Wildman–Crippen LogP) is 4.29. The highest BCUT2D eigenvalue weighted by Gasteiger charge is 2.28. The zero-order valence-corrected chi connectivity index (χ0v) is 20.9. The van der Waals surface area contributed by atoms with Crippen molar-refractivity contribution in [3.05, 3.63) is 11.2 Å². The monoisotopic (exact) mass is 481 g/mol. The summed E-state index contributed by atoms with van der Waals surface area (Å²) in [5.74, 6) is 1.31. The number of unbranched alkanes of at least 4 members (excludes halogenated alkanes) is 2. The molecule has 2 amide bonds. The molecule has 7 nitrogen and oxygen atoms in total. The number of hydrogen-bond acceptors (Lipinski definition) is 6. The van der Waals surface area contributed by atoms with Crippen LogP contribution in [0.5, 0.6) is 0 Å². The maximum atomic E-state index is 12.5. The summed E-state index contributed by atoms with van der Waals surface area (Å²) in [5.41, 5.74) is 0. The van der Waals surface area contributed by atoms with Gasteiger partial charge in [-0.15, -0.1) is 0 Å². The minimum Gasteiger partial charge on any atom is -0.353 e. The van der Waals surface area contributed by atoms with Crippen molar-refractivity contribution in [2.45, 2.75) is 88.9 Å². The van der Waals surface area contributed by atoms with Gasteiger partial charge in [0.1, 0.15) is 11.0 Å². The molecule has 178 valence electrons. The maximum Gasteiger partial charge on any atom is 0.230 e. The van der Waals surface area contributed by atoms with Gasteiger partial charge in [-0.2, -0.15) is 0 Å². The van der Waals surface area contributed by atoms with E-state index in [0.717, 1.165) is 37.9 Å². The van der Waals surface area contributed by atoms with Crippen molar-refractivity contribution >= 4 is 41.0 Å². The van der Waals surface area contributed by atoms with Crippen LogP contribution in [-0.2, 0) is 9.59 Å². The van der Waals surface area contributed by atoms with E-state index in [-0.39, 0.29) is 23.6 Å². The van der Waals surface area contributed by atoms with Crippen molar-refractivity contribution in [1.29, 1.82) is 0 Å². The zero-order chi connectivity index (χ0) is 22.9. The standard InChI is InChI=1S/C23H36ClN5O2S/c1-3-4-6-11-22(31)29-13-12-28(15-17(29)2)20-14-19(24)26-23(27-20)32-16-21(30)25-18-9-7-5-8-10-18/h14,17-18H,3-13,15-16H2,1-2H3,(H,25,30). The van der Waals surface area contributed by atoms with Gasteiger partial charge in [0, 0.05) is 44.2 Å². The van der Waals surface area contributed by atoms with Crippen molar-refractivity contribution in [2.24, 2.45) is 0 Å². The number of piperazine rings is 1. The quantitative estimate of drug-likeness (QED) is 0.245. The average molecular weight is 482 g/mol. The van der Waals surface area contributed by atoms with Crippen molar-refractivity contribution in [3.63, 3.8) is 0 Å². The molecule has 9 heteroatoms. The van der Waals surface area contributed by atoms with Gasteiger partial charge < -0.3 is 15.1 Å². The molecule has 2 heterocycles. The van der Waals surface area contributed by atoms with E-state index in [1.165, 1.54) is 31.0 Å². The smallest absolute Gasteiger partial charge is 0.230 e. The van der Waals surface area contributed by atoms with E-state index in [0.29, 0.717) is 42.4 Å². The van der Waals surface area contributed by atoms with Gasteiger partial charge in [-0.25, -0.2) is 9.97 Å². The molecule has 1 aliphatic heterocycles. The van der Waals surface area contributed by atoms with Crippen LogP contribution in [0.1, 0.15) is 71.6 Å². The molecule has 1 unspecified atom stereocenters. The third-order valence-electron chi connectivity index (χ3n) is 6.23. The molecule has 1 aliphatic carbocycles. The summed E-state index contributed by atoms with van der Waals surface area (Å²) in [6.07, 6.45) is 9.58. The first-order chi connectivity index (χ1) is 15.5. The molecule has 1 atom stereocenters. The molecule has 0 radical (unpaired) electrons. The van der Waals surface area contributed by atoms with Crippen LogP contribution in [-0.4, -0.2) is 64.2 Å². The number of carbonyl (C=O) groups is 2. The minimum atomic E-state index is 0.0239. The van der Waals surface area contributed by atoms with Crippen LogP contribution in [0.2, 0.25) is 5.15 Å². The second-order valence-electron chi connectivity index (χ2n) is 8.86. The van der Waals surface area contributed by atoms with Crippen LogP contribution >= 0.6 is 23.4 Å². The highest BCUT2D eigenvalue weighted by molar-refractivity contribution is 7.99. The average Bonchev–Trinajstić information content (AvgIpc) is 2.78. The SMILES string of the molecule is CCCCCC(=O)N1CCN(c2cc(Cl)nc(SCC(=O)NC3CCCCC3)n2)CC1C. The molecular weight excluding hydrogens is 446 g/mol. The van der Waals surface area contributed by atoms with E-state index >= 15 is 0 Å². The molecule has 0 bridgehead atoms. The first-order valence-electron chi connectivity index (χ1n) is 12.0. The Kier molecular flexibility index (Phi) is 9.91. The summed E-state index contributed by atoms with van der Waals surface area (Å²) in [6, 6.07) is 2.18. The van der Waals surface area contributed by atoms with E-state index in [9.17, 15) is 9.59 Å². The number of nitrogens with one attached hydrogen (secondary N) is 1. The molecule has 0 spiro atoms. The number of anilines is 1. The number of carbonyl (C=O) groups excluding carboxylic acids is 2. The van der Waals surface area contributed by atoms with Gasteiger partial charge in [0.2, 0.25) is 11.8 Å². The van der Waals surface area contributed by atoms with Crippen LogP contribution in [0.3, 0.4) is 0 Å².